The Hall–Kier alpha value is -2.35. The summed E-state index contributed by atoms with van der Waals surface area (Å²) in [6.07, 6.45) is 0. The zero-order chi connectivity index (χ0) is 10.7. The van der Waals surface area contributed by atoms with Gasteiger partial charge in [-0.25, -0.2) is 0 Å². The van der Waals surface area contributed by atoms with E-state index in [4.69, 9.17) is 16.7 Å². The number of hydrogen-bond donors (Lipinski definition) is 2. The lowest BCUT2D eigenvalue weighted by Gasteiger charge is -2.02. The monoisotopic (exact) mass is 189 g/mol. The highest BCUT2D eigenvalue weighted by Crippen LogP contribution is 2.12. The molecule has 1 rings (SSSR count). The molecule has 0 aliphatic heterocycles. The SMILES string of the molecule is N#Cc1c(C(N)=O)cccc1C(N)=O. The van der Waals surface area contributed by atoms with E-state index in [-0.39, 0.29) is 16.7 Å². The summed E-state index contributed by atoms with van der Waals surface area (Å²) >= 11 is 0. The Labute approximate surface area is 79.9 Å². The van der Waals surface area contributed by atoms with Crippen LogP contribution in [0.4, 0.5) is 0 Å². The molecular formula is C9H7N3O2. The van der Waals surface area contributed by atoms with Gasteiger partial charge in [-0.3, -0.25) is 9.59 Å². The first-order valence-corrected chi connectivity index (χ1v) is 3.70. The van der Waals surface area contributed by atoms with Crippen molar-refractivity contribution < 1.29 is 9.59 Å². The van der Waals surface area contributed by atoms with Gasteiger partial charge in [0.25, 0.3) is 0 Å². The number of carbonyl (C=O) groups excluding carboxylic acids is 2. The maximum atomic E-state index is 10.9. The minimum atomic E-state index is -0.760. The van der Waals surface area contributed by atoms with E-state index in [0.717, 1.165) is 0 Å². The van der Waals surface area contributed by atoms with Gasteiger partial charge >= 0.3 is 0 Å². The Morgan fingerprint density at radius 3 is 1.86 bits per heavy atom. The molecule has 0 heterocycles. The van der Waals surface area contributed by atoms with E-state index in [2.05, 4.69) is 0 Å². The van der Waals surface area contributed by atoms with Crippen LogP contribution in [0.5, 0.6) is 0 Å². The van der Waals surface area contributed by atoms with Crippen molar-refractivity contribution in [3.63, 3.8) is 0 Å². The number of amides is 2. The highest BCUT2D eigenvalue weighted by molar-refractivity contribution is 6.02. The number of primary amides is 2. The number of hydrogen-bond acceptors (Lipinski definition) is 3. The van der Waals surface area contributed by atoms with Gasteiger partial charge in [-0.05, 0) is 12.1 Å². The third kappa shape index (κ3) is 1.54. The van der Waals surface area contributed by atoms with Gasteiger partial charge in [0, 0.05) is 0 Å². The van der Waals surface area contributed by atoms with Crippen LogP contribution in [0.2, 0.25) is 0 Å². The van der Waals surface area contributed by atoms with Crippen LogP contribution in [0.1, 0.15) is 26.3 Å². The lowest BCUT2D eigenvalue weighted by atomic mass is 10.0. The summed E-state index contributed by atoms with van der Waals surface area (Å²) in [5.74, 6) is -1.52. The molecule has 70 valence electrons. The molecule has 0 saturated carbocycles. The Balaban J connectivity index is 3.50. The Morgan fingerprint density at radius 1 is 1.14 bits per heavy atom. The smallest absolute Gasteiger partial charge is 0.250 e. The molecule has 4 N–H and O–H groups in total. The van der Waals surface area contributed by atoms with Gasteiger partial charge in [0.1, 0.15) is 6.07 Å². The zero-order valence-corrected chi connectivity index (χ0v) is 7.15. The van der Waals surface area contributed by atoms with Crippen molar-refractivity contribution in [2.24, 2.45) is 11.5 Å². The number of nitriles is 1. The first-order chi connectivity index (χ1) is 6.57. The highest BCUT2D eigenvalue weighted by Gasteiger charge is 2.14. The molecule has 5 nitrogen and oxygen atoms in total. The fourth-order valence-electron chi connectivity index (χ4n) is 1.08. The molecule has 0 aliphatic rings. The molecule has 0 bridgehead atoms. The maximum absolute atomic E-state index is 10.9. The highest BCUT2D eigenvalue weighted by atomic mass is 16.1. The van der Waals surface area contributed by atoms with Gasteiger partial charge < -0.3 is 11.5 Å². The maximum Gasteiger partial charge on any atom is 0.250 e. The summed E-state index contributed by atoms with van der Waals surface area (Å²) in [6.45, 7) is 0. The summed E-state index contributed by atoms with van der Waals surface area (Å²) < 4.78 is 0. The number of nitrogens with two attached hydrogens (primary N) is 2. The molecule has 2 amide bonds. The quantitative estimate of drug-likeness (QED) is 0.669. The second kappa shape index (κ2) is 3.58. The molecule has 0 unspecified atom stereocenters. The molecule has 0 spiro atoms. The van der Waals surface area contributed by atoms with Crippen molar-refractivity contribution in [3.05, 3.63) is 34.9 Å². The van der Waals surface area contributed by atoms with E-state index in [9.17, 15) is 9.59 Å². The molecule has 0 radical (unpaired) electrons. The van der Waals surface area contributed by atoms with Gasteiger partial charge in [-0.15, -0.1) is 0 Å². The third-order valence-electron chi connectivity index (χ3n) is 1.71. The molecule has 14 heavy (non-hydrogen) atoms. The van der Waals surface area contributed by atoms with Gasteiger partial charge in [0.05, 0.1) is 16.7 Å². The summed E-state index contributed by atoms with van der Waals surface area (Å²) in [6, 6.07) is 5.91. The number of carbonyl (C=O) groups is 2. The van der Waals surface area contributed by atoms with Crippen LogP contribution in [-0.4, -0.2) is 11.8 Å². The van der Waals surface area contributed by atoms with Crippen LogP contribution in [-0.2, 0) is 0 Å². The second-order valence-electron chi connectivity index (χ2n) is 2.57. The molecule has 5 heteroatoms. The van der Waals surface area contributed by atoms with Gasteiger partial charge in [0.2, 0.25) is 11.8 Å². The molecule has 0 saturated heterocycles. The molecule has 0 aromatic heterocycles. The minimum Gasteiger partial charge on any atom is -0.366 e. The van der Waals surface area contributed by atoms with Crippen LogP contribution < -0.4 is 11.5 Å². The summed E-state index contributed by atoms with van der Waals surface area (Å²) in [5.41, 5.74) is 9.96. The largest absolute Gasteiger partial charge is 0.366 e. The van der Waals surface area contributed by atoms with Crippen LogP contribution >= 0.6 is 0 Å². The number of nitrogens with zero attached hydrogens (tertiary/aromatic N) is 1. The van der Waals surface area contributed by atoms with E-state index in [1.165, 1.54) is 18.2 Å². The van der Waals surface area contributed by atoms with Crippen molar-refractivity contribution >= 4 is 11.8 Å². The van der Waals surface area contributed by atoms with E-state index in [1.54, 1.807) is 6.07 Å². The normalized spacial score (nSPS) is 9.07. The fraction of sp³-hybridized carbons (Fsp3) is 0. The van der Waals surface area contributed by atoms with Crippen LogP contribution in [0.3, 0.4) is 0 Å². The van der Waals surface area contributed by atoms with Crippen molar-refractivity contribution in [1.29, 1.82) is 5.26 Å². The van der Waals surface area contributed by atoms with Crippen molar-refractivity contribution in [1.82, 2.24) is 0 Å². The molecule has 1 aromatic rings. The average Bonchev–Trinajstić information content (AvgIpc) is 2.16. The third-order valence-corrected chi connectivity index (χ3v) is 1.71. The van der Waals surface area contributed by atoms with E-state index in [1.807, 2.05) is 0 Å². The second-order valence-corrected chi connectivity index (χ2v) is 2.57. The first kappa shape index (κ1) is 9.74. The van der Waals surface area contributed by atoms with Gasteiger partial charge in [-0.2, -0.15) is 5.26 Å². The van der Waals surface area contributed by atoms with E-state index < -0.39 is 11.8 Å². The predicted molar refractivity (Wildman–Crippen MR) is 48.2 cm³/mol. The predicted octanol–water partition coefficient (Wildman–Crippen LogP) is -0.244. The van der Waals surface area contributed by atoms with Crippen molar-refractivity contribution in [2.45, 2.75) is 0 Å². The van der Waals surface area contributed by atoms with Gasteiger partial charge in [0.15, 0.2) is 0 Å². The summed E-state index contributed by atoms with van der Waals surface area (Å²) in [5, 5.41) is 8.73. The zero-order valence-electron chi connectivity index (χ0n) is 7.15. The Morgan fingerprint density at radius 2 is 1.57 bits per heavy atom. The Kier molecular flexibility index (Phi) is 2.49. The average molecular weight is 189 g/mol. The fourth-order valence-corrected chi connectivity index (χ4v) is 1.08. The van der Waals surface area contributed by atoms with Crippen LogP contribution in [0, 0.1) is 11.3 Å². The summed E-state index contributed by atoms with van der Waals surface area (Å²) in [7, 11) is 0. The molecule has 0 fully saturated rings. The van der Waals surface area contributed by atoms with E-state index >= 15 is 0 Å². The van der Waals surface area contributed by atoms with Crippen LogP contribution in [0.15, 0.2) is 18.2 Å². The standard InChI is InChI=1S/C9H7N3O2/c10-4-7-5(8(11)13)2-1-3-6(7)9(12)14/h1-3H,(H2,11,13)(H2,12,14). The molecule has 1 aromatic carbocycles. The lowest BCUT2D eigenvalue weighted by molar-refractivity contribution is 0.0999. The topological polar surface area (TPSA) is 110 Å². The lowest BCUT2D eigenvalue weighted by Crippen LogP contribution is -2.18. The van der Waals surface area contributed by atoms with Crippen LogP contribution in [0.25, 0.3) is 0 Å². The minimum absolute atomic E-state index is 0.00352. The summed E-state index contributed by atoms with van der Waals surface area (Å²) in [4.78, 5) is 21.7. The van der Waals surface area contributed by atoms with Crippen molar-refractivity contribution in [3.8, 4) is 6.07 Å². The first-order valence-electron chi connectivity index (χ1n) is 3.70. The number of benzene rings is 1. The Bertz CT molecular complexity index is 414. The van der Waals surface area contributed by atoms with Crippen molar-refractivity contribution in [2.75, 3.05) is 0 Å². The van der Waals surface area contributed by atoms with Gasteiger partial charge in [-0.1, -0.05) is 6.07 Å². The van der Waals surface area contributed by atoms with E-state index in [0.29, 0.717) is 0 Å². The molecular weight excluding hydrogens is 182 g/mol. The molecule has 0 atom stereocenters. The number of rotatable bonds is 2. The molecule has 0 aliphatic carbocycles.